The van der Waals surface area contributed by atoms with Crippen LogP contribution in [-0.2, 0) is 9.47 Å². The first-order chi connectivity index (χ1) is 10.8. The molecule has 1 N–H and O–H groups in total. The first-order valence-electron chi connectivity index (χ1n) is 8.24. The maximum Gasteiger partial charge on any atom is 0.401 e. The van der Waals surface area contributed by atoms with Crippen LogP contribution in [0.25, 0.3) is 0 Å². The maximum atomic E-state index is 12.5. The van der Waals surface area contributed by atoms with Crippen molar-refractivity contribution >= 4 is 0 Å². The van der Waals surface area contributed by atoms with E-state index in [-0.39, 0.29) is 18.8 Å². The van der Waals surface area contributed by atoms with E-state index in [0.29, 0.717) is 32.8 Å². The number of alkyl halides is 3. The number of rotatable bonds is 7. The lowest BCUT2D eigenvalue weighted by Gasteiger charge is -2.40. The van der Waals surface area contributed by atoms with E-state index in [1.807, 2.05) is 4.90 Å². The molecule has 0 aromatic heterocycles. The van der Waals surface area contributed by atoms with Crippen molar-refractivity contribution in [1.29, 1.82) is 0 Å². The number of ether oxygens (including phenoxy) is 2. The minimum absolute atomic E-state index is 0.133. The molecule has 0 aromatic rings. The molecule has 136 valence electrons. The highest BCUT2D eigenvalue weighted by Gasteiger charge is 2.35. The average Bonchev–Trinajstić information content (AvgIpc) is 2.94. The van der Waals surface area contributed by atoms with Crippen LogP contribution in [0.2, 0.25) is 0 Å². The zero-order valence-electron chi connectivity index (χ0n) is 13.6. The summed E-state index contributed by atoms with van der Waals surface area (Å²) in [6.07, 6.45) is -2.61. The van der Waals surface area contributed by atoms with E-state index in [1.54, 1.807) is 6.92 Å². The highest BCUT2D eigenvalue weighted by molar-refractivity contribution is 4.81. The first kappa shape index (κ1) is 18.9. The summed E-state index contributed by atoms with van der Waals surface area (Å²) in [5.41, 5.74) is 0. The number of β-amino-alcohol motifs (C(OH)–C–C–N with tert-alkyl or cyclic N) is 1. The van der Waals surface area contributed by atoms with Crippen LogP contribution in [0.3, 0.4) is 0 Å². The standard InChI is InChI=1S/C15H27F3N2O3/c1-12-7-19(4-5-20(12)11-15(16,17)18)8-13(21)9-22-10-14-3-2-6-23-14/h12-14,21H,2-11H2,1H3. The molecule has 2 aliphatic rings. The summed E-state index contributed by atoms with van der Waals surface area (Å²) in [7, 11) is 0. The summed E-state index contributed by atoms with van der Waals surface area (Å²) < 4.78 is 48.3. The number of halogens is 3. The summed E-state index contributed by atoms with van der Waals surface area (Å²) in [4.78, 5) is 3.44. The highest BCUT2D eigenvalue weighted by Crippen LogP contribution is 2.20. The number of hydrogen-bond acceptors (Lipinski definition) is 5. The van der Waals surface area contributed by atoms with E-state index in [2.05, 4.69) is 0 Å². The summed E-state index contributed by atoms with van der Waals surface area (Å²) in [5, 5.41) is 10.0. The van der Waals surface area contributed by atoms with E-state index < -0.39 is 18.8 Å². The Bertz CT molecular complexity index is 351. The van der Waals surface area contributed by atoms with Gasteiger partial charge in [-0.2, -0.15) is 13.2 Å². The summed E-state index contributed by atoms with van der Waals surface area (Å²) in [5.74, 6) is 0. The SMILES string of the molecule is CC1CN(CC(O)COCC2CCCO2)CCN1CC(F)(F)F. The molecule has 2 heterocycles. The minimum Gasteiger partial charge on any atom is -0.389 e. The van der Waals surface area contributed by atoms with Gasteiger partial charge in [-0.25, -0.2) is 0 Å². The largest absolute Gasteiger partial charge is 0.401 e. The second kappa shape index (κ2) is 8.62. The van der Waals surface area contributed by atoms with E-state index in [9.17, 15) is 18.3 Å². The van der Waals surface area contributed by atoms with Crippen LogP contribution in [0.5, 0.6) is 0 Å². The van der Waals surface area contributed by atoms with Crippen LogP contribution in [-0.4, -0.2) is 91.9 Å². The predicted molar refractivity (Wildman–Crippen MR) is 79.3 cm³/mol. The van der Waals surface area contributed by atoms with Gasteiger partial charge in [0.15, 0.2) is 0 Å². The summed E-state index contributed by atoms with van der Waals surface area (Å²) in [6.45, 7) is 4.27. The van der Waals surface area contributed by atoms with Gasteiger partial charge >= 0.3 is 6.18 Å². The Morgan fingerprint density at radius 1 is 1.35 bits per heavy atom. The summed E-state index contributed by atoms with van der Waals surface area (Å²) >= 11 is 0. The highest BCUT2D eigenvalue weighted by atomic mass is 19.4. The second-order valence-electron chi connectivity index (χ2n) is 6.52. The molecule has 0 bridgehead atoms. The van der Waals surface area contributed by atoms with E-state index >= 15 is 0 Å². The van der Waals surface area contributed by atoms with Crippen molar-refractivity contribution in [1.82, 2.24) is 9.80 Å². The predicted octanol–water partition coefficient (Wildman–Crippen LogP) is 1.11. The Kier molecular flexibility index (Phi) is 7.09. The smallest absolute Gasteiger partial charge is 0.389 e. The second-order valence-corrected chi connectivity index (χ2v) is 6.52. The van der Waals surface area contributed by atoms with Crippen LogP contribution in [0.4, 0.5) is 13.2 Å². The number of piperazine rings is 1. The van der Waals surface area contributed by atoms with Gasteiger partial charge < -0.3 is 14.6 Å². The molecule has 2 rings (SSSR count). The molecule has 5 nitrogen and oxygen atoms in total. The number of nitrogens with zero attached hydrogens (tertiary/aromatic N) is 2. The lowest BCUT2D eigenvalue weighted by molar-refractivity contribution is -0.155. The molecule has 23 heavy (non-hydrogen) atoms. The molecule has 0 saturated carbocycles. The van der Waals surface area contributed by atoms with Gasteiger partial charge in [0.1, 0.15) is 0 Å². The number of hydrogen-bond donors (Lipinski definition) is 1. The van der Waals surface area contributed by atoms with Gasteiger partial charge in [-0.05, 0) is 19.8 Å². The number of aliphatic hydroxyl groups is 1. The molecule has 2 saturated heterocycles. The topological polar surface area (TPSA) is 45.2 Å². The van der Waals surface area contributed by atoms with Gasteiger partial charge in [0.2, 0.25) is 0 Å². The molecular weight excluding hydrogens is 313 g/mol. The molecule has 0 spiro atoms. The van der Waals surface area contributed by atoms with Crippen molar-refractivity contribution in [3.8, 4) is 0 Å². The third kappa shape index (κ3) is 6.93. The normalized spacial score (nSPS) is 29.1. The number of aliphatic hydroxyl groups excluding tert-OH is 1. The van der Waals surface area contributed by atoms with Gasteiger partial charge in [-0.3, -0.25) is 9.80 Å². The molecule has 0 aromatic carbocycles. The van der Waals surface area contributed by atoms with Gasteiger partial charge in [-0.1, -0.05) is 0 Å². The Morgan fingerprint density at radius 2 is 2.13 bits per heavy atom. The molecule has 2 aliphatic heterocycles. The van der Waals surface area contributed by atoms with Crippen molar-refractivity contribution in [2.45, 2.75) is 44.2 Å². The minimum atomic E-state index is -4.16. The fourth-order valence-corrected chi connectivity index (χ4v) is 3.16. The zero-order valence-corrected chi connectivity index (χ0v) is 13.6. The van der Waals surface area contributed by atoms with Gasteiger partial charge in [0.05, 0.1) is 32.0 Å². The third-order valence-corrected chi connectivity index (χ3v) is 4.34. The van der Waals surface area contributed by atoms with Crippen LogP contribution in [0.1, 0.15) is 19.8 Å². The van der Waals surface area contributed by atoms with Gasteiger partial charge in [0, 0.05) is 38.8 Å². The van der Waals surface area contributed by atoms with E-state index in [0.717, 1.165) is 19.4 Å². The van der Waals surface area contributed by atoms with Gasteiger partial charge in [0.25, 0.3) is 0 Å². The van der Waals surface area contributed by atoms with Crippen LogP contribution < -0.4 is 0 Å². The molecule has 3 unspecified atom stereocenters. The van der Waals surface area contributed by atoms with Crippen molar-refractivity contribution < 1.29 is 27.8 Å². The van der Waals surface area contributed by atoms with Crippen LogP contribution in [0, 0.1) is 0 Å². The third-order valence-electron chi connectivity index (χ3n) is 4.34. The molecule has 3 atom stereocenters. The van der Waals surface area contributed by atoms with E-state index in [4.69, 9.17) is 9.47 Å². The molecular formula is C15H27F3N2O3. The Morgan fingerprint density at radius 3 is 2.74 bits per heavy atom. The lowest BCUT2D eigenvalue weighted by atomic mass is 10.1. The molecule has 0 radical (unpaired) electrons. The Labute approximate surface area is 135 Å². The molecule has 8 heteroatoms. The quantitative estimate of drug-likeness (QED) is 0.752. The Balaban J connectivity index is 1.62. The average molecular weight is 340 g/mol. The van der Waals surface area contributed by atoms with Crippen molar-refractivity contribution in [2.75, 3.05) is 52.5 Å². The zero-order chi connectivity index (χ0) is 16.9. The van der Waals surface area contributed by atoms with Crippen LogP contribution in [0.15, 0.2) is 0 Å². The fraction of sp³-hybridized carbons (Fsp3) is 1.00. The van der Waals surface area contributed by atoms with Crippen molar-refractivity contribution in [2.24, 2.45) is 0 Å². The first-order valence-corrected chi connectivity index (χ1v) is 8.24. The van der Waals surface area contributed by atoms with Crippen molar-refractivity contribution in [3.63, 3.8) is 0 Å². The lowest BCUT2D eigenvalue weighted by Crippen LogP contribution is -2.55. The fourth-order valence-electron chi connectivity index (χ4n) is 3.16. The monoisotopic (exact) mass is 340 g/mol. The molecule has 0 amide bonds. The summed E-state index contributed by atoms with van der Waals surface area (Å²) in [6, 6.07) is -0.176. The maximum absolute atomic E-state index is 12.5. The van der Waals surface area contributed by atoms with E-state index in [1.165, 1.54) is 4.90 Å². The Hall–Kier alpha value is -0.410. The van der Waals surface area contributed by atoms with Gasteiger partial charge in [-0.15, -0.1) is 0 Å². The molecule has 0 aliphatic carbocycles. The molecule has 2 fully saturated rings. The van der Waals surface area contributed by atoms with Crippen LogP contribution >= 0.6 is 0 Å². The van der Waals surface area contributed by atoms with Crippen molar-refractivity contribution in [3.05, 3.63) is 0 Å².